The zero-order chi connectivity index (χ0) is 20.0. The Bertz CT molecular complexity index is 577. The van der Waals surface area contributed by atoms with Gasteiger partial charge in [-0.25, -0.2) is 0 Å². The molecule has 0 amide bonds. The van der Waals surface area contributed by atoms with Gasteiger partial charge in [0.15, 0.2) is 5.96 Å². The van der Waals surface area contributed by atoms with Gasteiger partial charge >= 0.3 is 0 Å². The highest BCUT2D eigenvalue weighted by Crippen LogP contribution is 2.31. The van der Waals surface area contributed by atoms with Crippen LogP contribution in [0.25, 0.3) is 0 Å². The van der Waals surface area contributed by atoms with E-state index >= 15 is 0 Å². The fourth-order valence-corrected chi connectivity index (χ4v) is 3.41. The number of para-hydroxylation sites is 1. The van der Waals surface area contributed by atoms with E-state index < -0.39 is 0 Å². The molecule has 0 radical (unpaired) electrons. The quantitative estimate of drug-likeness (QED) is 0.322. The van der Waals surface area contributed by atoms with Crippen LogP contribution in [0.5, 0.6) is 5.75 Å². The summed E-state index contributed by atoms with van der Waals surface area (Å²) in [5.74, 6) is 1.75. The van der Waals surface area contributed by atoms with Crippen molar-refractivity contribution in [1.82, 2.24) is 15.5 Å². The topological polar surface area (TPSA) is 67.4 Å². The first kappa shape index (κ1) is 22.5. The summed E-state index contributed by atoms with van der Waals surface area (Å²) in [7, 11) is 3.41. The highest BCUT2D eigenvalue weighted by atomic mass is 16.5. The van der Waals surface area contributed by atoms with Gasteiger partial charge in [-0.15, -0.1) is 0 Å². The van der Waals surface area contributed by atoms with Crippen LogP contribution in [-0.2, 0) is 9.47 Å². The van der Waals surface area contributed by atoms with Crippen LogP contribution in [0.2, 0.25) is 0 Å². The zero-order valence-electron chi connectivity index (χ0n) is 17.6. The van der Waals surface area contributed by atoms with Crippen LogP contribution in [0.4, 0.5) is 0 Å². The van der Waals surface area contributed by atoms with Gasteiger partial charge in [0.05, 0.1) is 39.5 Å². The molecule has 0 bridgehead atoms. The van der Waals surface area contributed by atoms with E-state index in [-0.39, 0.29) is 6.04 Å². The molecule has 158 valence electrons. The van der Waals surface area contributed by atoms with Gasteiger partial charge in [0, 0.05) is 25.8 Å². The number of hydrogen-bond donors (Lipinski definition) is 2. The molecule has 1 aliphatic rings. The van der Waals surface area contributed by atoms with Gasteiger partial charge in [-0.3, -0.25) is 9.89 Å². The first-order valence-electron chi connectivity index (χ1n) is 10.3. The van der Waals surface area contributed by atoms with Gasteiger partial charge in [0.25, 0.3) is 0 Å². The number of likely N-dealkylation sites (tertiary alicyclic amines) is 1. The van der Waals surface area contributed by atoms with Gasteiger partial charge in [0.1, 0.15) is 5.75 Å². The van der Waals surface area contributed by atoms with E-state index in [0.717, 1.165) is 31.3 Å². The van der Waals surface area contributed by atoms with E-state index in [9.17, 15) is 0 Å². The number of nitrogens with zero attached hydrogens (tertiary/aromatic N) is 2. The molecule has 1 saturated heterocycles. The molecule has 0 saturated carbocycles. The Kier molecular flexibility index (Phi) is 10.7. The van der Waals surface area contributed by atoms with E-state index in [4.69, 9.17) is 19.2 Å². The molecule has 2 rings (SSSR count). The van der Waals surface area contributed by atoms with E-state index in [1.807, 2.05) is 12.1 Å². The van der Waals surface area contributed by atoms with Crippen LogP contribution in [-0.4, -0.2) is 77.6 Å². The average Bonchev–Trinajstić information content (AvgIpc) is 3.25. The van der Waals surface area contributed by atoms with Gasteiger partial charge in [-0.2, -0.15) is 0 Å². The van der Waals surface area contributed by atoms with Crippen molar-refractivity contribution in [3.8, 4) is 5.75 Å². The predicted octanol–water partition coefficient (Wildman–Crippen LogP) is 2.05. The summed E-state index contributed by atoms with van der Waals surface area (Å²) in [4.78, 5) is 7.37. The minimum absolute atomic E-state index is 0.215. The largest absolute Gasteiger partial charge is 0.496 e. The third-order valence-corrected chi connectivity index (χ3v) is 4.82. The zero-order valence-corrected chi connectivity index (χ0v) is 17.6. The van der Waals surface area contributed by atoms with E-state index in [0.29, 0.717) is 32.9 Å². The number of aliphatic imine (C=N–C) groups is 1. The highest BCUT2D eigenvalue weighted by molar-refractivity contribution is 5.79. The summed E-state index contributed by atoms with van der Waals surface area (Å²) in [6.07, 6.45) is 2.49. The second kappa shape index (κ2) is 13.4. The van der Waals surface area contributed by atoms with Crippen LogP contribution in [0, 0.1) is 0 Å². The van der Waals surface area contributed by atoms with E-state index in [2.05, 4.69) is 34.6 Å². The fraction of sp³-hybridized carbons (Fsp3) is 0.667. The molecule has 0 aliphatic carbocycles. The number of benzene rings is 1. The minimum Gasteiger partial charge on any atom is -0.496 e. The molecule has 1 aromatic carbocycles. The van der Waals surface area contributed by atoms with Crippen molar-refractivity contribution in [2.45, 2.75) is 25.8 Å². The average molecular weight is 393 g/mol. The molecule has 0 aromatic heterocycles. The maximum absolute atomic E-state index is 5.62. The van der Waals surface area contributed by atoms with Crippen LogP contribution in [0.3, 0.4) is 0 Å². The first-order valence-corrected chi connectivity index (χ1v) is 10.3. The third kappa shape index (κ3) is 7.30. The second-order valence-electron chi connectivity index (χ2n) is 6.75. The minimum atomic E-state index is 0.215. The molecule has 1 heterocycles. The third-order valence-electron chi connectivity index (χ3n) is 4.82. The van der Waals surface area contributed by atoms with Gasteiger partial charge in [-0.05, 0) is 38.9 Å². The molecule has 1 aromatic rings. The standard InChI is InChI=1S/C21H36N4O3/c1-4-22-21(23-11-14-28-16-15-26-2)24-17-19(25-12-7-8-13-25)18-9-5-6-10-20(18)27-3/h5-6,9-10,19H,4,7-8,11-17H2,1-3H3,(H2,22,23,24). The number of methoxy groups -OCH3 is 2. The molecule has 0 spiro atoms. The van der Waals surface area contributed by atoms with Crippen LogP contribution >= 0.6 is 0 Å². The van der Waals surface area contributed by atoms with Crippen molar-refractivity contribution < 1.29 is 14.2 Å². The van der Waals surface area contributed by atoms with Gasteiger partial charge in [-0.1, -0.05) is 18.2 Å². The number of nitrogens with one attached hydrogen (secondary N) is 2. The van der Waals surface area contributed by atoms with Crippen LogP contribution in [0.1, 0.15) is 31.4 Å². The Morgan fingerprint density at radius 3 is 2.61 bits per heavy atom. The van der Waals surface area contributed by atoms with Crippen molar-refractivity contribution in [3.63, 3.8) is 0 Å². The Labute approximate surface area is 169 Å². The van der Waals surface area contributed by atoms with Crippen molar-refractivity contribution in [2.24, 2.45) is 4.99 Å². The maximum Gasteiger partial charge on any atom is 0.191 e. The van der Waals surface area contributed by atoms with Crippen molar-refractivity contribution in [1.29, 1.82) is 0 Å². The Morgan fingerprint density at radius 2 is 1.89 bits per heavy atom. The smallest absolute Gasteiger partial charge is 0.191 e. The van der Waals surface area contributed by atoms with Crippen molar-refractivity contribution in [2.75, 3.05) is 66.8 Å². The summed E-state index contributed by atoms with van der Waals surface area (Å²) in [5.41, 5.74) is 1.20. The second-order valence-corrected chi connectivity index (χ2v) is 6.75. The summed E-state index contributed by atoms with van der Waals surface area (Å²) in [6, 6.07) is 8.49. The SMILES string of the molecule is CCNC(=NCC(c1ccccc1OC)N1CCCC1)NCCOCCOC. The van der Waals surface area contributed by atoms with Crippen LogP contribution < -0.4 is 15.4 Å². The molecule has 1 atom stereocenters. The van der Waals surface area contributed by atoms with Crippen molar-refractivity contribution >= 4 is 5.96 Å². The monoisotopic (exact) mass is 392 g/mol. The molecular weight excluding hydrogens is 356 g/mol. The van der Waals surface area contributed by atoms with E-state index in [1.165, 1.54) is 18.4 Å². The molecule has 1 unspecified atom stereocenters. The number of ether oxygens (including phenoxy) is 3. The first-order chi connectivity index (χ1) is 13.8. The van der Waals surface area contributed by atoms with Gasteiger partial charge < -0.3 is 24.8 Å². The Hall–Kier alpha value is -1.83. The lowest BCUT2D eigenvalue weighted by atomic mass is 10.0. The van der Waals surface area contributed by atoms with E-state index in [1.54, 1.807) is 14.2 Å². The maximum atomic E-state index is 5.62. The predicted molar refractivity (Wildman–Crippen MR) is 113 cm³/mol. The summed E-state index contributed by atoms with van der Waals surface area (Å²) < 4.78 is 16.1. The molecule has 7 heteroatoms. The summed E-state index contributed by atoms with van der Waals surface area (Å²) in [5, 5.41) is 6.67. The number of guanidine groups is 1. The molecule has 7 nitrogen and oxygen atoms in total. The summed E-state index contributed by atoms with van der Waals surface area (Å²) in [6.45, 7) is 8.34. The van der Waals surface area contributed by atoms with Crippen LogP contribution in [0.15, 0.2) is 29.3 Å². The fourth-order valence-electron chi connectivity index (χ4n) is 3.41. The lowest BCUT2D eigenvalue weighted by molar-refractivity contribution is 0.0733. The molecule has 2 N–H and O–H groups in total. The summed E-state index contributed by atoms with van der Waals surface area (Å²) >= 11 is 0. The van der Waals surface area contributed by atoms with Gasteiger partial charge in [0.2, 0.25) is 0 Å². The number of rotatable bonds is 12. The Balaban J connectivity index is 2.01. The molecule has 1 aliphatic heterocycles. The highest BCUT2D eigenvalue weighted by Gasteiger charge is 2.25. The lowest BCUT2D eigenvalue weighted by Crippen LogP contribution is -2.40. The van der Waals surface area contributed by atoms with Crippen molar-refractivity contribution in [3.05, 3.63) is 29.8 Å². The normalized spacial score (nSPS) is 16.2. The molecule has 28 heavy (non-hydrogen) atoms. The molecular formula is C21H36N4O3. The molecule has 1 fully saturated rings. The Morgan fingerprint density at radius 1 is 1.11 bits per heavy atom. The lowest BCUT2D eigenvalue weighted by Gasteiger charge is -2.28. The number of hydrogen-bond acceptors (Lipinski definition) is 5.